The summed E-state index contributed by atoms with van der Waals surface area (Å²) >= 11 is 2.32. The number of hydrogen-bond donors (Lipinski definition) is 2. The Bertz CT molecular complexity index is 836. The second-order valence-corrected chi connectivity index (χ2v) is 7.05. The van der Waals surface area contributed by atoms with Crippen molar-refractivity contribution in [1.82, 2.24) is 9.97 Å². The van der Waals surface area contributed by atoms with E-state index in [9.17, 15) is 0 Å². The normalized spacial score (nSPS) is 11.8. The Morgan fingerprint density at radius 1 is 1.00 bits per heavy atom. The van der Waals surface area contributed by atoms with E-state index in [1.54, 1.807) is 0 Å². The van der Waals surface area contributed by atoms with E-state index in [0.29, 0.717) is 12.0 Å². The first-order valence-electron chi connectivity index (χ1n) is 8.38. The Kier molecular flexibility index (Phi) is 5.86. The number of aromatic nitrogens is 2. The quantitative estimate of drug-likeness (QED) is 0.479. The molecule has 3 aromatic rings. The third kappa shape index (κ3) is 4.69. The van der Waals surface area contributed by atoms with E-state index < -0.39 is 0 Å². The van der Waals surface area contributed by atoms with E-state index >= 15 is 0 Å². The molecule has 4 nitrogen and oxygen atoms in total. The lowest BCUT2D eigenvalue weighted by atomic mass is 10.1. The van der Waals surface area contributed by atoms with Gasteiger partial charge in [-0.05, 0) is 48.1 Å². The second-order valence-electron chi connectivity index (χ2n) is 5.89. The van der Waals surface area contributed by atoms with Gasteiger partial charge >= 0.3 is 0 Å². The molecule has 1 atom stereocenters. The van der Waals surface area contributed by atoms with E-state index in [2.05, 4.69) is 70.3 Å². The van der Waals surface area contributed by atoms with Crippen LogP contribution in [-0.2, 0) is 0 Å². The van der Waals surface area contributed by atoms with Gasteiger partial charge in [-0.15, -0.1) is 0 Å². The summed E-state index contributed by atoms with van der Waals surface area (Å²) < 4.78 is 1.15. The van der Waals surface area contributed by atoms with Crippen LogP contribution in [0.5, 0.6) is 0 Å². The average Bonchev–Trinajstić information content (AvgIpc) is 2.64. The molecule has 0 spiro atoms. The van der Waals surface area contributed by atoms with Crippen molar-refractivity contribution in [2.45, 2.75) is 26.3 Å². The summed E-state index contributed by atoms with van der Waals surface area (Å²) in [7, 11) is 0. The molecule has 2 aromatic carbocycles. The van der Waals surface area contributed by atoms with Gasteiger partial charge in [-0.2, -0.15) is 4.98 Å². The van der Waals surface area contributed by atoms with E-state index in [4.69, 9.17) is 4.98 Å². The van der Waals surface area contributed by atoms with E-state index in [1.165, 1.54) is 0 Å². The van der Waals surface area contributed by atoms with Crippen LogP contribution in [0.4, 0.5) is 17.5 Å². The largest absolute Gasteiger partial charge is 0.352 e. The SMILES string of the molecule is CC[C@@H](C)Nc1nc(Nc2ccccc2I)cc(-c2ccccc2)n1. The third-order valence-electron chi connectivity index (χ3n) is 3.92. The average molecular weight is 444 g/mol. The number of anilines is 3. The summed E-state index contributed by atoms with van der Waals surface area (Å²) in [5.74, 6) is 1.42. The van der Waals surface area contributed by atoms with Gasteiger partial charge in [0.2, 0.25) is 5.95 Å². The Hall–Kier alpha value is -2.15. The number of halogens is 1. The van der Waals surface area contributed by atoms with Gasteiger partial charge in [0.25, 0.3) is 0 Å². The van der Waals surface area contributed by atoms with E-state index in [1.807, 2.05) is 42.5 Å². The highest BCUT2D eigenvalue weighted by molar-refractivity contribution is 14.1. The Balaban J connectivity index is 1.99. The number of para-hydroxylation sites is 1. The maximum absolute atomic E-state index is 4.69. The first kappa shape index (κ1) is 17.7. The summed E-state index contributed by atoms with van der Waals surface area (Å²) in [6.07, 6.45) is 1.01. The molecule has 0 fully saturated rings. The highest BCUT2D eigenvalue weighted by Crippen LogP contribution is 2.26. The van der Waals surface area contributed by atoms with Crippen LogP contribution in [0.1, 0.15) is 20.3 Å². The minimum atomic E-state index is 0.315. The van der Waals surface area contributed by atoms with E-state index in [-0.39, 0.29) is 0 Å². The number of hydrogen-bond acceptors (Lipinski definition) is 4. The van der Waals surface area contributed by atoms with Gasteiger partial charge in [-0.25, -0.2) is 4.98 Å². The number of rotatable bonds is 6. The van der Waals surface area contributed by atoms with Gasteiger partial charge in [-0.1, -0.05) is 49.4 Å². The highest BCUT2D eigenvalue weighted by Gasteiger charge is 2.09. The van der Waals surface area contributed by atoms with Crippen LogP contribution in [0.15, 0.2) is 60.7 Å². The van der Waals surface area contributed by atoms with Crippen molar-refractivity contribution in [3.05, 3.63) is 64.2 Å². The maximum atomic E-state index is 4.69. The lowest BCUT2D eigenvalue weighted by Crippen LogP contribution is -2.16. The Morgan fingerprint density at radius 2 is 1.72 bits per heavy atom. The molecule has 0 bridgehead atoms. The van der Waals surface area contributed by atoms with E-state index in [0.717, 1.165) is 32.8 Å². The first-order chi connectivity index (χ1) is 12.2. The van der Waals surface area contributed by atoms with Crippen molar-refractivity contribution in [2.24, 2.45) is 0 Å². The van der Waals surface area contributed by atoms with Crippen LogP contribution in [0, 0.1) is 3.57 Å². The molecular formula is C20H21IN4. The van der Waals surface area contributed by atoms with Crippen molar-refractivity contribution < 1.29 is 0 Å². The fraction of sp³-hybridized carbons (Fsp3) is 0.200. The number of nitrogens with one attached hydrogen (secondary N) is 2. The maximum Gasteiger partial charge on any atom is 0.225 e. The van der Waals surface area contributed by atoms with Crippen LogP contribution < -0.4 is 10.6 Å². The third-order valence-corrected chi connectivity index (χ3v) is 4.86. The number of nitrogens with zero attached hydrogens (tertiary/aromatic N) is 2. The molecule has 128 valence electrons. The molecule has 1 aromatic heterocycles. The molecule has 0 aliphatic carbocycles. The van der Waals surface area contributed by atoms with Crippen LogP contribution >= 0.6 is 22.6 Å². The molecule has 5 heteroatoms. The fourth-order valence-electron chi connectivity index (χ4n) is 2.36. The fourth-order valence-corrected chi connectivity index (χ4v) is 2.88. The zero-order chi connectivity index (χ0) is 17.6. The zero-order valence-electron chi connectivity index (χ0n) is 14.3. The summed E-state index contributed by atoms with van der Waals surface area (Å²) in [6.45, 7) is 4.27. The minimum absolute atomic E-state index is 0.315. The summed E-state index contributed by atoms with van der Waals surface area (Å²) in [5.41, 5.74) is 3.01. The number of benzene rings is 2. The van der Waals surface area contributed by atoms with Gasteiger partial charge < -0.3 is 10.6 Å². The molecule has 0 unspecified atom stereocenters. The van der Waals surface area contributed by atoms with Crippen LogP contribution in [-0.4, -0.2) is 16.0 Å². The van der Waals surface area contributed by atoms with Crippen molar-refractivity contribution in [3.63, 3.8) is 0 Å². The second kappa shape index (κ2) is 8.29. The molecule has 25 heavy (non-hydrogen) atoms. The van der Waals surface area contributed by atoms with Crippen LogP contribution in [0.25, 0.3) is 11.3 Å². The van der Waals surface area contributed by atoms with Crippen molar-refractivity contribution in [3.8, 4) is 11.3 Å². The zero-order valence-corrected chi connectivity index (χ0v) is 16.5. The molecule has 3 rings (SSSR count). The summed E-state index contributed by atoms with van der Waals surface area (Å²) in [5, 5.41) is 6.79. The van der Waals surface area contributed by atoms with Gasteiger partial charge in [0, 0.05) is 21.2 Å². The standard InChI is InChI=1S/C20H21IN4/c1-3-14(2)22-20-24-18(15-9-5-4-6-10-15)13-19(25-20)23-17-12-8-7-11-16(17)21/h4-14H,3H2,1-2H3,(H2,22,23,24,25)/t14-/m1/s1. The van der Waals surface area contributed by atoms with Gasteiger partial charge in [0.15, 0.2) is 0 Å². The molecular weight excluding hydrogens is 423 g/mol. The Labute approximate surface area is 162 Å². The molecule has 0 saturated heterocycles. The first-order valence-corrected chi connectivity index (χ1v) is 9.46. The van der Waals surface area contributed by atoms with Crippen molar-refractivity contribution in [1.29, 1.82) is 0 Å². The predicted molar refractivity (Wildman–Crippen MR) is 113 cm³/mol. The van der Waals surface area contributed by atoms with Gasteiger partial charge in [0.05, 0.1) is 11.4 Å². The van der Waals surface area contributed by atoms with Crippen molar-refractivity contribution >= 4 is 40.0 Å². The molecule has 1 heterocycles. The summed E-state index contributed by atoms with van der Waals surface area (Å²) in [4.78, 5) is 9.34. The topological polar surface area (TPSA) is 49.8 Å². The highest BCUT2D eigenvalue weighted by atomic mass is 127. The monoisotopic (exact) mass is 444 g/mol. The summed E-state index contributed by atoms with van der Waals surface area (Å²) in [6, 6.07) is 20.6. The Morgan fingerprint density at radius 3 is 2.44 bits per heavy atom. The molecule has 0 radical (unpaired) electrons. The van der Waals surface area contributed by atoms with Crippen molar-refractivity contribution in [2.75, 3.05) is 10.6 Å². The smallest absolute Gasteiger partial charge is 0.225 e. The lowest BCUT2D eigenvalue weighted by molar-refractivity contribution is 0.753. The van der Waals surface area contributed by atoms with Gasteiger partial charge in [-0.3, -0.25) is 0 Å². The van der Waals surface area contributed by atoms with Gasteiger partial charge in [0.1, 0.15) is 5.82 Å². The molecule has 0 aliphatic rings. The van der Waals surface area contributed by atoms with Crippen LogP contribution in [0.3, 0.4) is 0 Å². The predicted octanol–water partition coefficient (Wildman–Crippen LogP) is 5.70. The molecule has 0 amide bonds. The minimum Gasteiger partial charge on any atom is -0.352 e. The molecule has 0 aliphatic heterocycles. The van der Waals surface area contributed by atoms with Crippen LogP contribution in [0.2, 0.25) is 0 Å². The lowest BCUT2D eigenvalue weighted by Gasteiger charge is -2.15. The molecule has 0 saturated carbocycles. The molecule has 2 N–H and O–H groups in total.